The second-order valence-corrected chi connectivity index (χ2v) is 9.62. The van der Waals surface area contributed by atoms with Gasteiger partial charge in [0.2, 0.25) is 10.0 Å². The fourth-order valence-corrected chi connectivity index (χ4v) is 3.84. The molecule has 1 fully saturated rings. The lowest BCUT2D eigenvalue weighted by Crippen LogP contribution is -2.29. The fourth-order valence-electron chi connectivity index (χ4n) is 3.26. The van der Waals surface area contributed by atoms with Gasteiger partial charge in [0, 0.05) is 12.5 Å². The van der Waals surface area contributed by atoms with Crippen molar-refractivity contribution < 1.29 is 27.9 Å². The molecule has 14 nitrogen and oxygen atoms in total. The molecule has 3 aromatic heterocycles. The Kier molecular flexibility index (Phi) is 6.09. The van der Waals surface area contributed by atoms with Gasteiger partial charge in [-0.25, -0.2) is 28.1 Å². The van der Waals surface area contributed by atoms with E-state index in [2.05, 4.69) is 35.1 Å². The van der Waals surface area contributed by atoms with Gasteiger partial charge in [-0.05, 0) is 7.05 Å². The minimum absolute atomic E-state index is 0.0232. The number of nitrogens with one attached hydrogen (secondary N) is 2. The number of aliphatic hydroxyl groups is 2. The van der Waals surface area contributed by atoms with Crippen molar-refractivity contribution >= 4 is 27.0 Å². The van der Waals surface area contributed by atoms with E-state index < -0.39 is 34.6 Å². The summed E-state index contributed by atoms with van der Waals surface area (Å²) >= 11 is 0. The number of hydrogen-bond donors (Lipinski definition) is 4. The number of hydrogen-bond acceptors (Lipinski definition) is 12. The first-order chi connectivity index (χ1) is 15.2. The Bertz CT molecular complexity index is 1190. The maximum Gasteiger partial charge on any atom is 0.258 e. The van der Waals surface area contributed by atoms with Gasteiger partial charge in [0.15, 0.2) is 35.1 Å². The Morgan fingerprint density at radius 1 is 1.22 bits per heavy atom. The molecule has 0 radical (unpaired) electrons. The van der Waals surface area contributed by atoms with E-state index in [0.29, 0.717) is 22.8 Å². The van der Waals surface area contributed by atoms with Gasteiger partial charge in [-0.2, -0.15) is 4.98 Å². The molecule has 4 heterocycles. The second kappa shape index (κ2) is 8.67. The number of nitrogens with zero attached hydrogens (tertiary/aromatic N) is 6. The lowest BCUT2D eigenvalue weighted by Gasteiger charge is -2.16. The Morgan fingerprint density at radius 3 is 2.69 bits per heavy atom. The van der Waals surface area contributed by atoms with E-state index in [4.69, 9.17) is 9.26 Å². The minimum atomic E-state index is -3.38. The average molecular weight is 468 g/mol. The van der Waals surface area contributed by atoms with Crippen LogP contribution in [0.1, 0.15) is 43.8 Å². The summed E-state index contributed by atoms with van der Waals surface area (Å²) in [5, 5.41) is 27.9. The van der Waals surface area contributed by atoms with Crippen LogP contribution in [0, 0.1) is 0 Å². The summed E-state index contributed by atoms with van der Waals surface area (Å²) in [6, 6.07) is 0. The topological polar surface area (TPSA) is 190 Å². The molecule has 4 N–H and O–H groups in total. The highest BCUT2D eigenvalue weighted by Gasteiger charge is 2.47. The molecule has 15 heteroatoms. The van der Waals surface area contributed by atoms with Crippen LogP contribution in [-0.2, 0) is 14.8 Å². The van der Waals surface area contributed by atoms with E-state index >= 15 is 0 Å². The van der Waals surface area contributed by atoms with E-state index in [1.165, 1.54) is 24.3 Å². The van der Waals surface area contributed by atoms with Crippen molar-refractivity contribution in [3.05, 3.63) is 24.4 Å². The van der Waals surface area contributed by atoms with E-state index in [1.54, 1.807) is 0 Å². The van der Waals surface area contributed by atoms with Crippen LogP contribution >= 0.6 is 0 Å². The fraction of sp³-hybridized carbons (Fsp3) is 0.588. The molecule has 1 aliphatic rings. The van der Waals surface area contributed by atoms with Gasteiger partial charge in [0.25, 0.3) is 5.89 Å². The first-order valence-corrected chi connectivity index (χ1v) is 11.5. The summed E-state index contributed by atoms with van der Waals surface area (Å²) in [6.45, 7) is 3.89. The van der Waals surface area contributed by atoms with Crippen molar-refractivity contribution in [1.29, 1.82) is 0 Å². The Labute approximate surface area is 183 Å². The summed E-state index contributed by atoms with van der Waals surface area (Å²) in [5.41, 5.74) is 0.673. The third-order valence-corrected chi connectivity index (χ3v) is 6.43. The quantitative estimate of drug-likeness (QED) is 0.325. The van der Waals surface area contributed by atoms with Crippen LogP contribution in [0.5, 0.6) is 0 Å². The largest absolute Gasteiger partial charge is 0.387 e. The molecule has 4 atom stereocenters. The highest BCUT2D eigenvalue weighted by Crippen LogP contribution is 2.39. The van der Waals surface area contributed by atoms with Crippen molar-refractivity contribution in [2.45, 2.75) is 44.3 Å². The number of ether oxygens (including phenoxy) is 1. The highest BCUT2D eigenvalue weighted by atomic mass is 32.2. The lowest BCUT2D eigenvalue weighted by molar-refractivity contribution is -0.0451. The molecule has 32 heavy (non-hydrogen) atoms. The van der Waals surface area contributed by atoms with Crippen molar-refractivity contribution in [2.75, 3.05) is 24.7 Å². The number of rotatable bonds is 8. The van der Waals surface area contributed by atoms with Crippen LogP contribution in [0.15, 0.2) is 17.2 Å². The third-order valence-electron chi connectivity index (χ3n) is 5.06. The summed E-state index contributed by atoms with van der Waals surface area (Å²) in [7, 11) is -2.04. The zero-order valence-electron chi connectivity index (χ0n) is 17.6. The van der Waals surface area contributed by atoms with Crippen LogP contribution < -0.4 is 10.0 Å². The standard InChI is InChI=1S/C17H24N8O6S/c1-8(2)13-23-16(31-24-13)12-10(26)11(27)17(30-12)25-7-22-9-14(20-6-21-15(9)25)19-4-5-32(28,29)18-3/h6-8,10-12,17-18,26-27H,4-5H2,1-3H3,(H,19,20,21)/t10-,11-,12+,17-/m1/s1. The van der Waals surface area contributed by atoms with Crippen molar-refractivity contribution in [1.82, 2.24) is 34.4 Å². The zero-order chi connectivity index (χ0) is 23.0. The molecule has 0 amide bonds. The maximum atomic E-state index is 11.6. The summed E-state index contributed by atoms with van der Waals surface area (Å²) in [4.78, 5) is 16.8. The molecule has 4 rings (SSSR count). The zero-order valence-corrected chi connectivity index (χ0v) is 18.4. The molecule has 0 unspecified atom stereocenters. The molecule has 1 saturated heterocycles. The summed E-state index contributed by atoms with van der Waals surface area (Å²) in [5.74, 6) is 0.718. The molecule has 0 saturated carbocycles. The second-order valence-electron chi connectivity index (χ2n) is 7.57. The smallest absolute Gasteiger partial charge is 0.258 e. The Morgan fingerprint density at radius 2 is 2.00 bits per heavy atom. The number of aliphatic hydroxyl groups excluding tert-OH is 2. The molecular weight excluding hydrogens is 444 g/mol. The van der Waals surface area contributed by atoms with E-state index in [0.717, 1.165) is 0 Å². The molecule has 1 aliphatic heterocycles. The molecule has 0 spiro atoms. The van der Waals surface area contributed by atoms with E-state index in [9.17, 15) is 18.6 Å². The lowest BCUT2D eigenvalue weighted by atomic mass is 10.1. The molecule has 3 aromatic rings. The third kappa shape index (κ3) is 4.16. The number of fused-ring (bicyclic) bond motifs is 1. The highest BCUT2D eigenvalue weighted by molar-refractivity contribution is 7.89. The van der Waals surface area contributed by atoms with Crippen molar-refractivity contribution in [2.24, 2.45) is 0 Å². The van der Waals surface area contributed by atoms with Crippen LogP contribution in [0.25, 0.3) is 11.2 Å². The number of aromatic nitrogens is 6. The molecule has 0 aromatic carbocycles. The number of imidazole rings is 1. The maximum absolute atomic E-state index is 11.6. The monoisotopic (exact) mass is 468 g/mol. The molecule has 0 aliphatic carbocycles. The van der Waals surface area contributed by atoms with Gasteiger partial charge in [-0.1, -0.05) is 19.0 Å². The number of sulfonamides is 1. The van der Waals surface area contributed by atoms with Gasteiger partial charge >= 0.3 is 0 Å². The van der Waals surface area contributed by atoms with Crippen molar-refractivity contribution in [3.63, 3.8) is 0 Å². The normalized spacial score (nSPS) is 23.9. The first-order valence-electron chi connectivity index (χ1n) is 9.89. The molecular formula is C17H24N8O6S. The van der Waals surface area contributed by atoms with Gasteiger partial charge in [-0.15, -0.1) is 0 Å². The van der Waals surface area contributed by atoms with Crippen LogP contribution in [0.2, 0.25) is 0 Å². The van der Waals surface area contributed by atoms with Gasteiger partial charge in [-0.3, -0.25) is 4.57 Å². The molecule has 0 bridgehead atoms. The first kappa shape index (κ1) is 22.5. The van der Waals surface area contributed by atoms with Crippen molar-refractivity contribution in [3.8, 4) is 0 Å². The number of anilines is 1. The Hall–Kier alpha value is -2.72. The SMILES string of the molecule is CNS(=O)(=O)CCNc1ncnc2c1ncn2[C@@H]1O[C@H](c2nc(C(C)C)no2)[C@H](O)[C@H]1O. The predicted molar refractivity (Wildman–Crippen MR) is 110 cm³/mol. The minimum Gasteiger partial charge on any atom is -0.387 e. The Balaban J connectivity index is 1.57. The average Bonchev–Trinajstić information content (AvgIpc) is 3.47. The van der Waals surface area contributed by atoms with E-state index in [-0.39, 0.29) is 24.1 Å². The van der Waals surface area contributed by atoms with E-state index in [1.807, 2.05) is 13.8 Å². The molecule has 174 valence electrons. The predicted octanol–water partition coefficient (Wildman–Crippen LogP) is -0.714. The van der Waals surface area contributed by atoms with Gasteiger partial charge in [0.05, 0.1) is 12.1 Å². The van der Waals surface area contributed by atoms with Crippen LogP contribution in [0.3, 0.4) is 0 Å². The summed E-state index contributed by atoms with van der Waals surface area (Å²) < 4.78 is 38.0. The van der Waals surface area contributed by atoms with Gasteiger partial charge < -0.3 is 24.8 Å². The van der Waals surface area contributed by atoms with Crippen LogP contribution in [0.4, 0.5) is 5.82 Å². The van der Waals surface area contributed by atoms with Gasteiger partial charge in [0.1, 0.15) is 18.5 Å². The summed E-state index contributed by atoms with van der Waals surface area (Å²) in [6.07, 6.45) is -2.02. The van der Waals surface area contributed by atoms with Crippen LogP contribution in [-0.4, -0.2) is 79.8 Å².